The minimum Gasteiger partial charge on any atom is -0.338 e. The lowest BCUT2D eigenvalue weighted by atomic mass is 9.86. The van der Waals surface area contributed by atoms with Gasteiger partial charge in [-0.3, -0.25) is 14.6 Å². The predicted molar refractivity (Wildman–Crippen MR) is 123 cm³/mol. The first kappa shape index (κ1) is 22.9. The van der Waals surface area contributed by atoms with Crippen molar-refractivity contribution in [2.75, 3.05) is 18.4 Å². The van der Waals surface area contributed by atoms with Gasteiger partial charge >= 0.3 is 0 Å². The van der Waals surface area contributed by atoms with Crippen molar-refractivity contribution >= 4 is 17.5 Å². The summed E-state index contributed by atoms with van der Waals surface area (Å²) in [4.78, 5) is 31.8. The van der Waals surface area contributed by atoms with Gasteiger partial charge < -0.3 is 16.0 Å². The Hall–Kier alpha value is -2.73. The molecule has 6 nitrogen and oxygen atoms in total. The third-order valence-electron chi connectivity index (χ3n) is 5.92. The van der Waals surface area contributed by atoms with E-state index in [1.165, 1.54) is 6.42 Å². The molecule has 1 saturated carbocycles. The van der Waals surface area contributed by atoms with Gasteiger partial charge in [0.15, 0.2) is 0 Å². The summed E-state index contributed by atoms with van der Waals surface area (Å²) in [6.07, 6.45) is 8.59. The van der Waals surface area contributed by atoms with E-state index in [1.54, 1.807) is 24.5 Å². The second-order valence-electron chi connectivity index (χ2n) is 9.29. The van der Waals surface area contributed by atoms with E-state index in [-0.39, 0.29) is 23.1 Å². The molecule has 3 rings (SSSR count). The van der Waals surface area contributed by atoms with Crippen molar-refractivity contribution in [3.63, 3.8) is 0 Å². The van der Waals surface area contributed by atoms with E-state index in [0.29, 0.717) is 30.9 Å². The minimum absolute atomic E-state index is 0.107. The molecule has 31 heavy (non-hydrogen) atoms. The zero-order chi connectivity index (χ0) is 22.3. The van der Waals surface area contributed by atoms with Crippen LogP contribution in [0.4, 0.5) is 5.69 Å². The molecule has 1 aromatic heterocycles. The molecule has 0 aliphatic heterocycles. The molecule has 166 valence electrons. The molecule has 0 bridgehead atoms. The van der Waals surface area contributed by atoms with E-state index in [0.717, 1.165) is 31.2 Å². The fourth-order valence-electron chi connectivity index (χ4n) is 4.07. The van der Waals surface area contributed by atoms with Gasteiger partial charge in [0.1, 0.15) is 0 Å². The normalized spacial score (nSPS) is 14.8. The zero-order valence-corrected chi connectivity index (χ0v) is 18.6. The maximum atomic E-state index is 13.4. The van der Waals surface area contributed by atoms with Crippen LogP contribution >= 0.6 is 0 Å². The van der Waals surface area contributed by atoms with E-state index >= 15 is 0 Å². The highest BCUT2D eigenvalue weighted by Crippen LogP contribution is 2.28. The molecule has 3 N–H and O–H groups in total. The van der Waals surface area contributed by atoms with Crippen molar-refractivity contribution in [1.82, 2.24) is 9.88 Å². The fraction of sp³-hybridized carbons (Fsp3) is 0.480. The third-order valence-corrected chi connectivity index (χ3v) is 5.92. The van der Waals surface area contributed by atoms with Crippen molar-refractivity contribution in [3.8, 4) is 0 Å². The number of hydrogen-bond donors (Lipinski definition) is 2. The van der Waals surface area contributed by atoms with Gasteiger partial charge in [-0.25, -0.2) is 0 Å². The van der Waals surface area contributed by atoms with E-state index in [4.69, 9.17) is 5.73 Å². The topological polar surface area (TPSA) is 88.3 Å². The van der Waals surface area contributed by atoms with Crippen LogP contribution in [0, 0.1) is 11.3 Å². The van der Waals surface area contributed by atoms with Gasteiger partial charge in [0.2, 0.25) is 5.91 Å². The Bertz CT molecular complexity index is 876. The van der Waals surface area contributed by atoms with Crippen LogP contribution in [0.5, 0.6) is 0 Å². The van der Waals surface area contributed by atoms with Crippen LogP contribution < -0.4 is 11.1 Å². The average Bonchev–Trinajstić information content (AvgIpc) is 2.79. The molecular formula is C25H34N4O2. The Labute approximate surface area is 185 Å². The SMILES string of the molecule is CC(C)(CN)CN(Cc1cccc(NC(=O)c2cccnc2)c1)C(=O)C1CCCCC1. The summed E-state index contributed by atoms with van der Waals surface area (Å²) in [6.45, 7) is 5.83. The summed E-state index contributed by atoms with van der Waals surface area (Å²) in [5, 5.41) is 2.92. The summed E-state index contributed by atoms with van der Waals surface area (Å²) < 4.78 is 0. The molecule has 0 saturated heterocycles. The number of carbonyl (C=O) groups excluding carboxylic acids is 2. The van der Waals surface area contributed by atoms with Crippen molar-refractivity contribution in [3.05, 3.63) is 59.9 Å². The minimum atomic E-state index is -0.204. The van der Waals surface area contributed by atoms with Gasteiger partial charge in [-0.05, 0) is 54.6 Å². The highest BCUT2D eigenvalue weighted by atomic mass is 16.2. The lowest BCUT2D eigenvalue weighted by molar-refractivity contribution is -0.138. The molecule has 2 amide bonds. The average molecular weight is 423 g/mol. The quantitative estimate of drug-likeness (QED) is 0.666. The van der Waals surface area contributed by atoms with Crippen LogP contribution in [0.2, 0.25) is 0 Å². The molecular weight excluding hydrogens is 388 g/mol. The number of nitrogens with one attached hydrogen (secondary N) is 1. The van der Waals surface area contributed by atoms with E-state index in [1.807, 2.05) is 29.2 Å². The molecule has 0 spiro atoms. The molecule has 2 aromatic rings. The molecule has 1 fully saturated rings. The Morgan fingerprint density at radius 1 is 1.16 bits per heavy atom. The lowest BCUT2D eigenvalue weighted by Crippen LogP contribution is -2.44. The molecule has 1 aromatic carbocycles. The first-order valence-corrected chi connectivity index (χ1v) is 11.2. The standard InChI is InChI=1S/C25H34N4O2/c1-25(2,17-26)18-29(24(31)20-9-4-3-5-10-20)16-19-8-6-12-22(14-19)28-23(30)21-11-7-13-27-15-21/h6-8,11-15,20H,3-5,9-10,16-18,26H2,1-2H3,(H,28,30). The first-order chi connectivity index (χ1) is 14.9. The second-order valence-corrected chi connectivity index (χ2v) is 9.29. The number of pyridine rings is 1. The Balaban J connectivity index is 1.74. The lowest BCUT2D eigenvalue weighted by Gasteiger charge is -2.35. The van der Waals surface area contributed by atoms with Crippen molar-refractivity contribution in [2.45, 2.75) is 52.5 Å². The number of nitrogens with two attached hydrogens (primary N) is 1. The van der Waals surface area contributed by atoms with Gasteiger partial charge in [-0.15, -0.1) is 0 Å². The van der Waals surface area contributed by atoms with E-state index < -0.39 is 0 Å². The van der Waals surface area contributed by atoms with Crippen molar-refractivity contribution in [1.29, 1.82) is 0 Å². The van der Waals surface area contributed by atoms with Crippen LogP contribution in [0.15, 0.2) is 48.8 Å². The molecule has 0 atom stereocenters. The number of aromatic nitrogens is 1. The van der Waals surface area contributed by atoms with E-state index in [2.05, 4.69) is 24.1 Å². The van der Waals surface area contributed by atoms with Crippen LogP contribution in [0.1, 0.15) is 61.9 Å². The van der Waals surface area contributed by atoms with Crippen LogP contribution in [0.3, 0.4) is 0 Å². The summed E-state index contributed by atoms with van der Waals surface area (Å²) >= 11 is 0. The van der Waals surface area contributed by atoms with Gasteiger partial charge in [0.05, 0.1) is 5.56 Å². The number of benzene rings is 1. The number of rotatable bonds is 8. The van der Waals surface area contributed by atoms with Gasteiger partial charge in [0.25, 0.3) is 5.91 Å². The van der Waals surface area contributed by atoms with Gasteiger partial charge in [-0.1, -0.05) is 45.2 Å². The van der Waals surface area contributed by atoms with Gasteiger partial charge in [-0.2, -0.15) is 0 Å². The molecule has 6 heteroatoms. The fourth-order valence-corrected chi connectivity index (χ4v) is 4.07. The summed E-state index contributed by atoms with van der Waals surface area (Å²) in [6, 6.07) is 11.2. The Kier molecular flexibility index (Phi) is 7.80. The molecule has 0 unspecified atom stereocenters. The third kappa shape index (κ3) is 6.62. The van der Waals surface area contributed by atoms with E-state index in [9.17, 15) is 9.59 Å². The van der Waals surface area contributed by atoms with Crippen molar-refractivity contribution in [2.24, 2.45) is 17.1 Å². The largest absolute Gasteiger partial charge is 0.338 e. The van der Waals surface area contributed by atoms with Crippen LogP contribution in [0.25, 0.3) is 0 Å². The Morgan fingerprint density at radius 2 is 1.94 bits per heavy atom. The van der Waals surface area contributed by atoms with Crippen LogP contribution in [-0.2, 0) is 11.3 Å². The molecule has 0 radical (unpaired) electrons. The smallest absolute Gasteiger partial charge is 0.257 e. The zero-order valence-electron chi connectivity index (χ0n) is 18.6. The van der Waals surface area contributed by atoms with Gasteiger partial charge in [0, 0.05) is 37.1 Å². The Morgan fingerprint density at radius 3 is 2.61 bits per heavy atom. The highest BCUT2D eigenvalue weighted by Gasteiger charge is 2.30. The second kappa shape index (κ2) is 10.5. The maximum absolute atomic E-state index is 13.4. The molecule has 1 heterocycles. The summed E-state index contributed by atoms with van der Waals surface area (Å²) in [5.41, 5.74) is 8.01. The van der Waals surface area contributed by atoms with Crippen molar-refractivity contribution < 1.29 is 9.59 Å². The van der Waals surface area contributed by atoms with Crippen LogP contribution in [-0.4, -0.2) is 34.8 Å². The number of amides is 2. The summed E-state index contributed by atoms with van der Waals surface area (Å²) in [5.74, 6) is 0.131. The number of anilines is 1. The number of hydrogen-bond acceptors (Lipinski definition) is 4. The summed E-state index contributed by atoms with van der Waals surface area (Å²) in [7, 11) is 0. The molecule has 1 aliphatic rings. The highest BCUT2D eigenvalue weighted by molar-refractivity contribution is 6.04. The molecule has 1 aliphatic carbocycles. The predicted octanol–water partition coefficient (Wildman–Crippen LogP) is 4.23. The number of carbonyl (C=O) groups is 2. The first-order valence-electron chi connectivity index (χ1n) is 11.2. The monoisotopic (exact) mass is 422 g/mol. The maximum Gasteiger partial charge on any atom is 0.257 e. The number of nitrogens with zero attached hydrogens (tertiary/aromatic N) is 2.